The van der Waals surface area contributed by atoms with Gasteiger partial charge in [-0.25, -0.2) is 0 Å². The van der Waals surface area contributed by atoms with Gasteiger partial charge in [0.05, 0.1) is 6.10 Å². The number of amides is 2. The van der Waals surface area contributed by atoms with E-state index in [1.54, 1.807) is 0 Å². The molecule has 1 atom stereocenters. The first-order valence-corrected chi connectivity index (χ1v) is 7.31. The van der Waals surface area contributed by atoms with Crippen molar-refractivity contribution < 1.29 is 19.4 Å². The van der Waals surface area contributed by atoms with Crippen LogP contribution in [0.2, 0.25) is 0 Å². The second-order valence-electron chi connectivity index (χ2n) is 6.16. The predicted octanol–water partition coefficient (Wildman–Crippen LogP) is 0.803. The van der Waals surface area contributed by atoms with Crippen molar-refractivity contribution in [2.45, 2.75) is 58.4 Å². The van der Waals surface area contributed by atoms with Gasteiger partial charge in [0.25, 0.3) is 0 Å². The normalized spacial score (nSPS) is 18.7. The van der Waals surface area contributed by atoms with Crippen molar-refractivity contribution in [2.24, 2.45) is 0 Å². The average Bonchev–Trinajstić information content (AvgIpc) is 2.65. The summed E-state index contributed by atoms with van der Waals surface area (Å²) in [5, 5.41) is 12.5. The van der Waals surface area contributed by atoms with Crippen LogP contribution in [0.4, 0.5) is 0 Å². The van der Waals surface area contributed by atoms with E-state index < -0.39 is 6.23 Å². The van der Waals surface area contributed by atoms with Crippen LogP contribution >= 0.6 is 0 Å². The lowest BCUT2D eigenvalue weighted by Gasteiger charge is -2.27. The lowest BCUT2D eigenvalue weighted by atomic mass is 10.0. The molecule has 0 saturated heterocycles. The van der Waals surface area contributed by atoms with Crippen LogP contribution < -0.4 is 5.32 Å². The standard InChI is InChI=1S/C15H26N2O4/c1-11(2)21-10-8-15(3,4)16-12(18)7-9-17-13(19)5-6-14(17)20/h5-6,11,13,19H,7-10H2,1-4H3,(H,16,18). The van der Waals surface area contributed by atoms with Gasteiger partial charge in [-0.3, -0.25) is 9.59 Å². The molecule has 1 heterocycles. The predicted molar refractivity (Wildman–Crippen MR) is 79.4 cm³/mol. The van der Waals surface area contributed by atoms with Crippen LogP contribution in [0.15, 0.2) is 12.2 Å². The van der Waals surface area contributed by atoms with Crippen LogP contribution in [-0.4, -0.2) is 52.8 Å². The molecule has 0 fully saturated rings. The van der Waals surface area contributed by atoms with Crippen molar-refractivity contribution in [3.8, 4) is 0 Å². The van der Waals surface area contributed by atoms with Gasteiger partial charge in [-0.1, -0.05) is 0 Å². The monoisotopic (exact) mass is 298 g/mol. The molecule has 0 radical (unpaired) electrons. The summed E-state index contributed by atoms with van der Waals surface area (Å²) in [6.07, 6.45) is 2.86. The number of ether oxygens (including phenoxy) is 1. The highest BCUT2D eigenvalue weighted by atomic mass is 16.5. The number of hydrogen-bond donors (Lipinski definition) is 2. The van der Waals surface area contributed by atoms with Gasteiger partial charge in [0, 0.05) is 31.2 Å². The van der Waals surface area contributed by atoms with Crippen LogP contribution in [0.25, 0.3) is 0 Å². The van der Waals surface area contributed by atoms with Crippen LogP contribution in [0.1, 0.15) is 40.5 Å². The fourth-order valence-corrected chi connectivity index (χ4v) is 2.02. The van der Waals surface area contributed by atoms with E-state index in [1.807, 2.05) is 27.7 Å². The first-order valence-electron chi connectivity index (χ1n) is 7.31. The highest BCUT2D eigenvalue weighted by molar-refractivity contribution is 5.90. The summed E-state index contributed by atoms with van der Waals surface area (Å²) in [4.78, 5) is 24.6. The molecule has 1 rings (SSSR count). The molecule has 1 unspecified atom stereocenters. The molecular weight excluding hydrogens is 272 g/mol. The Bertz CT molecular complexity index is 404. The fraction of sp³-hybridized carbons (Fsp3) is 0.733. The van der Waals surface area contributed by atoms with E-state index in [1.165, 1.54) is 17.1 Å². The Balaban J connectivity index is 2.30. The van der Waals surface area contributed by atoms with E-state index in [0.717, 1.165) is 0 Å². The van der Waals surface area contributed by atoms with Gasteiger partial charge >= 0.3 is 0 Å². The first-order chi connectivity index (χ1) is 9.71. The van der Waals surface area contributed by atoms with Crippen molar-refractivity contribution in [1.29, 1.82) is 0 Å². The topological polar surface area (TPSA) is 78.9 Å². The lowest BCUT2D eigenvalue weighted by molar-refractivity contribution is -0.132. The van der Waals surface area contributed by atoms with Gasteiger partial charge in [-0.05, 0) is 40.2 Å². The largest absolute Gasteiger partial charge is 0.379 e. The Kier molecular flexibility index (Phi) is 6.36. The number of aliphatic hydroxyl groups excluding tert-OH is 1. The molecule has 0 saturated carbocycles. The van der Waals surface area contributed by atoms with Gasteiger partial charge in [0.1, 0.15) is 6.23 Å². The highest BCUT2D eigenvalue weighted by Crippen LogP contribution is 2.11. The second-order valence-corrected chi connectivity index (χ2v) is 6.16. The van der Waals surface area contributed by atoms with Crippen molar-refractivity contribution >= 4 is 11.8 Å². The summed E-state index contributed by atoms with van der Waals surface area (Å²) in [7, 11) is 0. The number of nitrogens with one attached hydrogen (secondary N) is 1. The maximum atomic E-state index is 11.9. The molecular formula is C15H26N2O4. The van der Waals surface area contributed by atoms with Gasteiger partial charge < -0.3 is 20.1 Å². The van der Waals surface area contributed by atoms with Crippen LogP contribution in [0, 0.1) is 0 Å². The minimum atomic E-state index is -0.919. The smallest absolute Gasteiger partial charge is 0.248 e. The minimum absolute atomic E-state index is 0.142. The average molecular weight is 298 g/mol. The van der Waals surface area contributed by atoms with Crippen molar-refractivity contribution in [3.05, 3.63) is 12.2 Å². The highest BCUT2D eigenvalue weighted by Gasteiger charge is 2.25. The molecule has 21 heavy (non-hydrogen) atoms. The zero-order valence-corrected chi connectivity index (χ0v) is 13.3. The third-order valence-corrected chi connectivity index (χ3v) is 3.25. The quantitative estimate of drug-likeness (QED) is 0.695. The molecule has 1 aliphatic heterocycles. The summed E-state index contributed by atoms with van der Waals surface area (Å²) in [5.74, 6) is -0.406. The fourth-order valence-electron chi connectivity index (χ4n) is 2.02. The maximum Gasteiger partial charge on any atom is 0.248 e. The van der Waals surface area contributed by atoms with Crippen LogP contribution in [-0.2, 0) is 14.3 Å². The number of nitrogens with zero attached hydrogens (tertiary/aromatic N) is 1. The van der Waals surface area contributed by atoms with Crippen LogP contribution in [0.5, 0.6) is 0 Å². The molecule has 0 aliphatic carbocycles. The number of aliphatic hydroxyl groups is 1. The van der Waals surface area contributed by atoms with E-state index in [4.69, 9.17) is 4.74 Å². The summed E-state index contributed by atoms with van der Waals surface area (Å²) < 4.78 is 5.48. The summed E-state index contributed by atoms with van der Waals surface area (Å²) in [6.45, 7) is 8.60. The van der Waals surface area contributed by atoms with E-state index >= 15 is 0 Å². The van der Waals surface area contributed by atoms with E-state index in [-0.39, 0.29) is 36.4 Å². The van der Waals surface area contributed by atoms with E-state index in [0.29, 0.717) is 13.0 Å². The Morgan fingerprint density at radius 3 is 2.71 bits per heavy atom. The van der Waals surface area contributed by atoms with Gasteiger partial charge in [0.15, 0.2) is 0 Å². The third kappa shape index (κ3) is 6.27. The van der Waals surface area contributed by atoms with Crippen LogP contribution in [0.3, 0.4) is 0 Å². The summed E-state index contributed by atoms with van der Waals surface area (Å²) in [6, 6.07) is 0. The molecule has 6 nitrogen and oxygen atoms in total. The summed E-state index contributed by atoms with van der Waals surface area (Å²) >= 11 is 0. The van der Waals surface area contributed by atoms with Crippen molar-refractivity contribution in [3.63, 3.8) is 0 Å². The molecule has 120 valence electrons. The number of hydrogen-bond acceptors (Lipinski definition) is 4. The first kappa shape index (κ1) is 17.7. The van der Waals surface area contributed by atoms with E-state index in [2.05, 4.69) is 5.32 Å². The zero-order chi connectivity index (χ0) is 16.0. The third-order valence-electron chi connectivity index (χ3n) is 3.25. The Morgan fingerprint density at radius 1 is 1.52 bits per heavy atom. The molecule has 2 amide bonds. The molecule has 6 heteroatoms. The van der Waals surface area contributed by atoms with Gasteiger partial charge in [0.2, 0.25) is 11.8 Å². The molecule has 0 aromatic heterocycles. The molecule has 2 N–H and O–H groups in total. The molecule has 1 aliphatic rings. The Hall–Kier alpha value is -1.40. The number of carbonyl (C=O) groups excluding carboxylic acids is 2. The SMILES string of the molecule is CC(C)OCCC(C)(C)NC(=O)CCN1C(=O)C=CC1O. The Labute approximate surface area is 126 Å². The second kappa shape index (κ2) is 7.56. The number of rotatable bonds is 8. The minimum Gasteiger partial charge on any atom is -0.379 e. The molecule has 0 aromatic rings. The lowest BCUT2D eigenvalue weighted by Crippen LogP contribution is -2.46. The molecule has 0 spiro atoms. The van der Waals surface area contributed by atoms with Gasteiger partial charge in [-0.2, -0.15) is 0 Å². The zero-order valence-electron chi connectivity index (χ0n) is 13.3. The molecule has 0 bridgehead atoms. The number of carbonyl (C=O) groups is 2. The maximum absolute atomic E-state index is 11.9. The molecule has 0 aromatic carbocycles. The summed E-state index contributed by atoms with van der Waals surface area (Å²) in [5.41, 5.74) is -0.363. The van der Waals surface area contributed by atoms with E-state index in [9.17, 15) is 14.7 Å². The Morgan fingerprint density at radius 2 is 2.19 bits per heavy atom. The van der Waals surface area contributed by atoms with Crippen molar-refractivity contribution in [1.82, 2.24) is 10.2 Å². The van der Waals surface area contributed by atoms with Gasteiger partial charge in [-0.15, -0.1) is 0 Å². The van der Waals surface area contributed by atoms with Crippen molar-refractivity contribution in [2.75, 3.05) is 13.2 Å².